The van der Waals surface area contributed by atoms with Crippen molar-refractivity contribution in [1.82, 2.24) is 45.9 Å². The summed E-state index contributed by atoms with van der Waals surface area (Å²) in [5.41, 5.74) is 3.94. The molecule has 12 atom stereocenters. The van der Waals surface area contributed by atoms with Crippen molar-refractivity contribution in [3.8, 4) is 28.7 Å². The second kappa shape index (κ2) is 34.4. The summed E-state index contributed by atoms with van der Waals surface area (Å²) in [6.07, 6.45) is -0.654. The van der Waals surface area contributed by atoms with Crippen molar-refractivity contribution < 1.29 is 91.2 Å². The van der Waals surface area contributed by atoms with Gasteiger partial charge in [0.25, 0.3) is 11.8 Å². The Kier molecular flexibility index (Phi) is 26.4. The third-order valence-corrected chi connectivity index (χ3v) is 21.0. The Morgan fingerprint density at radius 2 is 1.04 bits per heavy atom. The molecule has 6 aliphatic rings. The number of carbonyl (C=O) groups is 13. The van der Waals surface area contributed by atoms with E-state index < -0.39 is 202 Å². The Labute approximate surface area is 626 Å². The number of benzene rings is 4. The van der Waals surface area contributed by atoms with Crippen LogP contribution in [0, 0.1) is 61.2 Å². The number of hydrogen-bond acceptors (Lipinski definition) is 22. The fraction of sp³-hybridized carbons (Fsp3) is 0.526. The summed E-state index contributed by atoms with van der Waals surface area (Å²) in [4.78, 5) is 209. The number of nitrogens with one attached hydrogen (secondary N) is 4. The number of carbonyl (C=O) groups excluding carboxylic acids is 13. The zero-order valence-electron chi connectivity index (χ0n) is 64.1. The van der Waals surface area contributed by atoms with Gasteiger partial charge in [-0.2, -0.15) is 0 Å². The van der Waals surface area contributed by atoms with Gasteiger partial charge in [0.2, 0.25) is 40.9 Å². The van der Waals surface area contributed by atoms with E-state index in [1.165, 1.54) is 102 Å². The largest absolute Gasteiger partial charge is 0.507 e. The smallest absolute Gasteiger partial charge is 0.329 e. The van der Waals surface area contributed by atoms with Crippen LogP contribution < -0.4 is 37.2 Å². The number of ether oxygens (including phenoxy) is 3. The van der Waals surface area contributed by atoms with Crippen LogP contribution in [0.3, 0.4) is 0 Å². The van der Waals surface area contributed by atoms with Crippen molar-refractivity contribution in [3.05, 3.63) is 98.2 Å². The average molecular weight is 1500 g/mol. The van der Waals surface area contributed by atoms with Gasteiger partial charge in [-0.25, -0.2) is 14.6 Å². The first-order chi connectivity index (χ1) is 50.7. The highest BCUT2D eigenvalue weighted by atomic mass is 16.6. The van der Waals surface area contributed by atoms with E-state index in [9.17, 15) is 67.7 Å². The highest BCUT2D eigenvalue weighted by Gasteiger charge is 2.48. The predicted octanol–water partition coefficient (Wildman–Crippen LogP) is 5.05. The molecule has 12 unspecified atom stereocenters. The van der Waals surface area contributed by atoms with Gasteiger partial charge in [-0.3, -0.25) is 57.5 Å². The minimum Gasteiger partial charge on any atom is -0.507 e. The number of cyclic esters (lactones) is 2. The highest BCUT2D eigenvalue weighted by molar-refractivity contribution is 6.13. The van der Waals surface area contributed by atoms with Gasteiger partial charge in [0.15, 0.2) is 28.7 Å². The number of fused-ring (bicyclic) bond motifs is 4. The monoisotopic (exact) mass is 1500 g/mol. The van der Waals surface area contributed by atoms with Gasteiger partial charge in [-0.15, -0.1) is 0 Å². The maximum atomic E-state index is 15.2. The first-order valence-electron chi connectivity index (χ1n) is 36.3. The van der Waals surface area contributed by atoms with Gasteiger partial charge in [0, 0.05) is 63.5 Å². The van der Waals surface area contributed by atoms with Crippen molar-refractivity contribution >= 4 is 93.3 Å². The van der Waals surface area contributed by atoms with E-state index in [0.29, 0.717) is 49.8 Å². The molecule has 108 heavy (non-hydrogen) atoms. The molecule has 582 valence electrons. The number of likely N-dealkylation sites (N-methyl/N-ethyl adjacent to an activating group) is 4. The Morgan fingerprint density at radius 3 is 1.48 bits per heavy atom. The van der Waals surface area contributed by atoms with E-state index in [1.54, 1.807) is 80.5 Å². The zero-order valence-corrected chi connectivity index (χ0v) is 64.1. The van der Waals surface area contributed by atoms with Crippen LogP contribution in [0.4, 0.5) is 5.69 Å². The van der Waals surface area contributed by atoms with Crippen LogP contribution in [-0.2, 0) is 57.4 Å². The minimum atomic E-state index is -1.86. The topological polar surface area (TPSA) is 420 Å². The highest BCUT2D eigenvalue weighted by Crippen LogP contribution is 2.39. The van der Waals surface area contributed by atoms with Crippen LogP contribution in [0.15, 0.2) is 63.8 Å². The standard InChI is InChI=1S/C64H88N10O16.C14H12O4/c1-27(2)44-53(78)35-19-17-21-37(35)61(84)71(13)25-40(75)73(15)50(29(5)6)63(86)88-33(11)46(59(82)67-44)69-57(80)39-24-23-31(9)55-48(39)66-49-42(43(65)52(77)32(10)56(49)90-55)58(81)70-47-34(12)89-64(87)51(30(7)8)74(16)41(76)26-72(14)62(85)38-22-18-20-36(38)54(79)45(28(3)4)68-60(47)83;1-18-9-6-7-11(13(16)8-9)14(17)10-4-2-3-5-12(10)15/h23-24,27-30,33-38,44-47,50-51H,17-22,25-26,65H2,1-16H3,(H,67,82)(H,68,83)(H,69,80)(H,70,81);2-8,15-16H,1H3. The SMILES string of the molecule is COc1ccc(C(=O)c2ccccc2O)c(O)c1.Cc1c2oc3c(C)ccc(C(=O)NC4C(=O)NC(C(C)C)C(=O)C5CCCC5C(=O)N(C)CC(=O)N(C)C(C(C)C)C(=O)OC4C)c3nc-2c(C(=O)NC2C(=O)NC(C(C)C)C(=O)C3CCCC3C(=O)N(C)CC(=O)N(C)C(C(C)C)C(=O)OC2C)c(N)c1=O. The number of nitrogens with zero attached hydrogens (tertiary/aromatic N) is 5. The number of nitrogen functional groups attached to an aromatic ring is 1. The molecule has 0 aromatic heterocycles. The quantitative estimate of drug-likeness (QED) is 0.0393. The van der Waals surface area contributed by atoms with Crippen molar-refractivity contribution in [2.24, 2.45) is 47.3 Å². The summed E-state index contributed by atoms with van der Waals surface area (Å²) >= 11 is 0. The molecule has 8 N–H and O–H groups in total. The van der Waals surface area contributed by atoms with E-state index in [2.05, 4.69) is 21.3 Å². The number of aromatic nitrogens is 1. The summed E-state index contributed by atoms with van der Waals surface area (Å²) < 4.78 is 23.3. The second-order valence-electron chi connectivity index (χ2n) is 30.0. The third kappa shape index (κ3) is 17.4. The van der Waals surface area contributed by atoms with Crippen LogP contribution in [0.2, 0.25) is 0 Å². The summed E-state index contributed by atoms with van der Waals surface area (Å²) in [5, 5.41) is 30.2. The number of methoxy groups -OCH3 is 1. The number of esters is 2. The molecule has 0 radical (unpaired) electrons. The number of amides is 8. The van der Waals surface area contributed by atoms with Gasteiger partial charge in [0.1, 0.15) is 64.8 Å². The molecule has 8 amide bonds. The van der Waals surface area contributed by atoms with Crippen LogP contribution in [0.1, 0.15) is 156 Å². The molecule has 0 bridgehead atoms. The van der Waals surface area contributed by atoms with Crippen molar-refractivity contribution in [3.63, 3.8) is 0 Å². The van der Waals surface area contributed by atoms with Crippen molar-refractivity contribution in [2.75, 3.05) is 54.1 Å². The summed E-state index contributed by atoms with van der Waals surface area (Å²) in [6.45, 7) is 18.3. The van der Waals surface area contributed by atoms with Crippen LogP contribution in [-0.4, -0.2) is 208 Å². The number of nitrogens with two attached hydrogens (primary N) is 1. The van der Waals surface area contributed by atoms with Crippen molar-refractivity contribution in [1.29, 1.82) is 0 Å². The van der Waals surface area contributed by atoms with E-state index >= 15 is 9.59 Å². The Hall–Kier alpha value is -10.8. The number of aryl methyl sites for hydroxylation is 1. The number of anilines is 1. The number of Topliss-reactive ketones (excluding diaryl/α,β-unsaturated/α-hetero) is 2. The number of rotatable bonds is 11. The Balaban J connectivity index is 0.000000708. The zero-order chi connectivity index (χ0) is 80.1. The molecule has 3 heterocycles. The molecule has 30 heteroatoms. The van der Waals surface area contributed by atoms with Gasteiger partial charge < -0.3 is 75.4 Å². The summed E-state index contributed by atoms with van der Waals surface area (Å²) in [7, 11) is 7.14. The molecule has 30 nitrogen and oxygen atoms in total. The van der Waals surface area contributed by atoms with Gasteiger partial charge in [-0.05, 0) is 113 Å². The normalized spacial score (nSPS) is 24.9. The molecule has 0 spiro atoms. The van der Waals surface area contributed by atoms with Crippen LogP contribution in [0.25, 0.3) is 22.6 Å². The van der Waals surface area contributed by atoms with Gasteiger partial charge >= 0.3 is 11.9 Å². The molecule has 9 rings (SSSR count). The predicted molar refractivity (Wildman–Crippen MR) is 394 cm³/mol. The molecule has 3 aromatic rings. The fourth-order valence-electron chi connectivity index (χ4n) is 14.8. The van der Waals surface area contributed by atoms with E-state index in [1.807, 2.05) is 0 Å². The lowest BCUT2D eigenvalue weighted by atomic mass is 9.83. The number of aromatic hydroxyl groups is 2. The molecule has 3 aliphatic carbocycles. The van der Waals surface area contributed by atoms with Gasteiger partial charge in [0.05, 0.1) is 60.2 Å². The Morgan fingerprint density at radius 1 is 0.593 bits per heavy atom. The lowest BCUT2D eigenvalue weighted by Crippen LogP contribution is -2.59. The fourth-order valence-corrected chi connectivity index (χ4v) is 14.8. The summed E-state index contributed by atoms with van der Waals surface area (Å²) in [6, 6.07) is 4.87. The van der Waals surface area contributed by atoms with E-state index in [-0.39, 0.29) is 56.3 Å². The molecule has 2 saturated heterocycles. The van der Waals surface area contributed by atoms with Crippen LogP contribution >= 0.6 is 0 Å². The number of phenols is 2. The molecule has 3 aliphatic heterocycles. The first-order valence-corrected chi connectivity index (χ1v) is 36.3. The van der Waals surface area contributed by atoms with E-state index in [4.69, 9.17) is 29.3 Å². The lowest BCUT2D eigenvalue weighted by molar-refractivity contribution is -0.163. The molecule has 4 fully saturated rings. The third-order valence-electron chi connectivity index (χ3n) is 21.0. The second-order valence-corrected chi connectivity index (χ2v) is 30.0. The van der Waals surface area contributed by atoms with Gasteiger partial charge in [-0.1, -0.05) is 86.4 Å². The number of ketones is 3. The maximum absolute atomic E-state index is 15.2. The van der Waals surface area contributed by atoms with Crippen molar-refractivity contribution in [2.45, 2.75) is 170 Å². The molecule has 2 saturated carbocycles. The number of phenolic OH excluding ortho intramolecular Hbond substituents is 2. The maximum Gasteiger partial charge on any atom is 0.329 e. The van der Waals surface area contributed by atoms with Crippen LogP contribution in [0.5, 0.6) is 17.2 Å². The Bertz CT molecular complexity index is 4390. The molecular weight excluding hydrogens is 1400 g/mol. The minimum absolute atomic E-state index is 0.0668. The molecular formula is C78H100N10O20. The molecule has 3 aromatic carbocycles. The first kappa shape index (κ1) is 82.8. The van der Waals surface area contributed by atoms with E-state index in [0.717, 1.165) is 9.80 Å². The lowest BCUT2D eigenvalue weighted by Gasteiger charge is -2.35. The number of para-hydroxylation sites is 1. The summed E-state index contributed by atoms with van der Waals surface area (Å²) in [5.74, 6) is -15.2. The number of hydrogen-bond donors (Lipinski definition) is 7. The average Bonchev–Trinajstić information content (AvgIpc) is 0.935.